The van der Waals surface area contributed by atoms with E-state index in [1.807, 2.05) is 30.0 Å². The molecule has 0 spiro atoms. The van der Waals surface area contributed by atoms with Crippen molar-refractivity contribution in [1.82, 2.24) is 20.5 Å². The molecule has 0 aliphatic carbocycles. The summed E-state index contributed by atoms with van der Waals surface area (Å²) in [6.07, 6.45) is 2.63. The number of aromatic nitrogens is 1. The van der Waals surface area contributed by atoms with Crippen LogP contribution in [0.3, 0.4) is 0 Å². The van der Waals surface area contributed by atoms with Gasteiger partial charge < -0.3 is 15.5 Å². The van der Waals surface area contributed by atoms with Crippen LogP contribution in [-0.4, -0.2) is 41.6 Å². The van der Waals surface area contributed by atoms with Gasteiger partial charge in [0, 0.05) is 31.9 Å². The largest absolute Gasteiger partial charge is 0.338 e. The monoisotopic (exact) mass is 342 g/mol. The van der Waals surface area contributed by atoms with Crippen LogP contribution in [0.1, 0.15) is 30.6 Å². The van der Waals surface area contributed by atoms with E-state index in [0.29, 0.717) is 13.1 Å². The molecule has 2 atom stereocenters. The van der Waals surface area contributed by atoms with E-state index in [1.54, 1.807) is 18.3 Å². The molecule has 2 heterocycles. The number of amides is 2. The Balaban J connectivity index is 1.75. The molecule has 1 aliphatic heterocycles. The number of likely N-dealkylation sites (tertiary alicyclic amines) is 1. The molecule has 2 N–H and O–H groups in total. The van der Waals surface area contributed by atoms with E-state index in [4.69, 9.17) is 0 Å². The second-order valence-corrected chi connectivity index (χ2v) is 6.17. The summed E-state index contributed by atoms with van der Waals surface area (Å²) in [5.41, 5.74) is 1.84. The molecule has 25 heavy (non-hydrogen) atoms. The highest BCUT2D eigenvalue weighted by Gasteiger charge is 2.28. The molecule has 1 saturated heterocycles. The Morgan fingerprint density at radius 2 is 2.12 bits per heavy atom. The number of hydrogen-bond donors (Lipinski definition) is 2. The lowest BCUT2D eigenvalue weighted by atomic mass is 10.0. The van der Waals surface area contributed by atoms with Gasteiger partial charge in [-0.2, -0.15) is 0 Å². The number of urea groups is 1. The fourth-order valence-electron chi connectivity index (χ4n) is 3.13. The lowest BCUT2D eigenvalue weighted by molar-refractivity contribution is 0.208. The van der Waals surface area contributed by atoms with Crippen LogP contribution in [-0.2, 0) is 0 Å². The first kappa shape index (κ1) is 17.4. The SMILES string of the molecule is CCNC(=O)N1CC[C@H](N[C@H](c2ccc(F)cc2)c2ccccn2)C1. The molecule has 5 nitrogen and oxygen atoms in total. The molecule has 132 valence electrons. The second kappa shape index (κ2) is 8.07. The molecular formula is C19H23FN4O. The van der Waals surface area contributed by atoms with E-state index in [9.17, 15) is 9.18 Å². The Labute approximate surface area is 147 Å². The lowest BCUT2D eigenvalue weighted by Crippen LogP contribution is -2.41. The smallest absolute Gasteiger partial charge is 0.317 e. The van der Waals surface area contributed by atoms with Crippen LogP contribution in [0.15, 0.2) is 48.7 Å². The van der Waals surface area contributed by atoms with Gasteiger partial charge in [0.15, 0.2) is 0 Å². The summed E-state index contributed by atoms with van der Waals surface area (Å²) < 4.78 is 13.3. The van der Waals surface area contributed by atoms with Gasteiger partial charge in [0.2, 0.25) is 0 Å². The molecule has 0 bridgehead atoms. The van der Waals surface area contributed by atoms with Crippen molar-refractivity contribution in [3.63, 3.8) is 0 Å². The standard InChI is InChI=1S/C19H23FN4O/c1-2-21-19(25)24-12-10-16(13-24)23-18(17-5-3-4-11-22-17)14-6-8-15(20)9-7-14/h3-9,11,16,18,23H,2,10,12-13H2,1H3,(H,21,25)/t16-,18+/m0/s1. The third kappa shape index (κ3) is 4.33. The van der Waals surface area contributed by atoms with Crippen LogP contribution in [0, 0.1) is 5.82 Å². The molecule has 3 rings (SSSR count). The molecule has 0 saturated carbocycles. The fraction of sp³-hybridized carbons (Fsp3) is 0.368. The van der Waals surface area contributed by atoms with Crippen LogP contribution in [0.25, 0.3) is 0 Å². The Morgan fingerprint density at radius 1 is 1.32 bits per heavy atom. The minimum absolute atomic E-state index is 0.0250. The highest BCUT2D eigenvalue weighted by atomic mass is 19.1. The number of benzene rings is 1. The normalized spacial score (nSPS) is 18.2. The molecule has 1 aliphatic rings. The number of nitrogens with zero attached hydrogens (tertiary/aromatic N) is 2. The van der Waals surface area contributed by atoms with E-state index >= 15 is 0 Å². The van der Waals surface area contributed by atoms with Gasteiger partial charge in [0.25, 0.3) is 0 Å². The first-order valence-electron chi connectivity index (χ1n) is 8.62. The summed E-state index contributed by atoms with van der Waals surface area (Å²) in [5.74, 6) is -0.258. The number of pyridine rings is 1. The highest BCUT2D eigenvalue weighted by Crippen LogP contribution is 2.23. The first-order valence-corrected chi connectivity index (χ1v) is 8.62. The zero-order chi connectivity index (χ0) is 17.6. The van der Waals surface area contributed by atoms with Gasteiger partial charge >= 0.3 is 6.03 Å². The zero-order valence-electron chi connectivity index (χ0n) is 14.3. The van der Waals surface area contributed by atoms with E-state index in [-0.39, 0.29) is 23.9 Å². The Morgan fingerprint density at radius 3 is 2.80 bits per heavy atom. The summed E-state index contributed by atoms with van der Waals surface area (Å²) in [6, 6.07) is 12.2. The molecule has 2 aromatic rings. The van der Waals surface area contributed by atoms with Gasteiger partial charge in [-0.3, -0.25) is 4.98 Å². The van der Waals surface area contributed by atoms with Crippen LogP contribution >= 0.6 is 0 Å². The molecule has 2 amide bonds. The fourth-order valence-corrected chi connectivity index (χ4v) is 3.13. The van der Waals surface area contributed by atoms with Crippen molar-refractivity contribution in [3.8, 4) is 0 Å². The molecule has 1 aromatic carbocycles. The zero-order valence-corrected chi connectivity index (χ0v) is 14.3. The van der Waals surface area contributed by atoms with Crippen LogP contribution < -0.4 is 10.6 Å². The average molecular weight is 342 g/mol. The number of carbonyl (C=O) groups is 1. The predicted molar refractivity (Wildman–Crippen MR) is 94.7 cm³/mol. The van der Waals surface area contributed by atoms with Crippen molar-refractivity contribution in [3.05, 3.63) is 65.7 Å². The minimum atomic E-state index is -0.258. The van der Waals surface area contributed by atoms with Crippen LogP contribution in [0.2, 0.25) is 0 Å². The average Bonchev–Trinajstić information content (AvgIpc) is 3.10. The molecule has 1 aromatic heterocycles. The Bertz CT molecular complexity index is 692. The van der Waals surface area contributed by atoms with E-state index < -0.39 is 0 Å². The number of rotatable bonds is 5. The number of halogens is 1. The summed E-state index contributed by atoms with van der Waals surface area (Å²) in [6.45, 7) is 3.91. The summed E-state index contributed by atoms with van der Waals surface area (Å²) in [4.78, 5) is 18.3. The molecule has 0 radical (unpaired) electrons. The van der Waals surface area contributed by atoms with E-state index in [1.165, 1.54) is 12.1 Å². The molecular weight excluding hydrogens is 319 g/mol. The van der Waals surface area contributed by atoms with Crippen molar-refractivity contribution in [1.29, 1.82) is 0 Å². The van der Waals surface area contributed by atoms with Gasteiger partial charge in [-0.25, -0.2) is 9.18 Å². The quantitative estimate of drug-likeness (QED) is 0.878. The van der Waals surface area contributed by atoms with Gasteiger partial charge in [-0.05, 0) is 43.2 Å². The Hall–Kier alpha value is -2.47. The summed E-state index contributed by atoms with van der Waals surface area (Å²) in [7, 11) is 0. The second-order valence-electron chi connectivity index (χ2n) is 6.17. The maximum Gasteiger partial charge on any atom is 0.317 e. The summed E-state index contributed by atoms with van der Waals surface area (Å²) >= 11 is 0. The topological polar surface area (TPSA) is 57.3 Å². The molecule has 0 unspecified atom stereocenters. The first-order chi connectivity index (χ1) is 12.2. The van der Waals surface area contributed by atoms with Crippen molar-refractivity contribution in [2.75, 3.05) is 19.6 Å². The summed E-state index contributed by atoms with van der Waals surface area (Å²) in [5, 5.41) is 6.42. The van der Waals surface area contributed by atoms with Crippen LogP contribution in [0.4, 0.5) is 9.18 Å². The number of carbonyl (C=O) groups excluding carboxylic acids is 1. The van der Waals surface area contributed by atoms with Gasteiger partial charge in [-0.15, -0.1) is 0 Å². The van der Waals surface area contributed by atoms with E-state index in [2.05, 4.69) is 15.6 Å². The van der Waals surface area contributed by atoms with E-state index in [0.717, 1.165) is 24.2 Å². The maximum absolute atomic E-state index is 13.3. The molecule has 1 fully saturated rings. The number of hydrogen-bond acceptors (Lipinski definition) is 3. The number of nitrogens with one attached hydrogen (secondary N) is 2. The van der Waals surface area contributed by atoms with Gasteiger partial charge in [0.05, 0.1) is 11.7 Å². The van der Waals surface area contributed by atoms with Crippen LogP contribution in [0.5, 0.6) is 0 Å². The maximum atomic E-state index is 13.3. The third-order valence-electron chi connectivity index (χ3n) is 4.39. The Kier molecular flexibility index (Phi) is 5.60. The predicted octanol–water partition coefficient (Wildman–Crippen LogP) is 2.70. The third-order valence-corrected chi connectivity index (χ3v) is 4.39. The minimum Gasteiger partial charge on any atom is -0.338 e. The van der Waals surface area contributed by atoms with Crippen molar-refractivity contribution >= 4 is 6.03 Å². The van der Waals surface area contributed by atoms with Crippen molar-refractivity contribution in [2.45, 2.75) is 25.4 Å². The van der Waals surface area contributed by atoms with Gasteiger partial charge in [-0.1, -0.05) is 18.2 Å². The highest BCUT2D eigenvalue weighted by molar-refractivity contribution is 5.74. The lowest BCUT2D eigenvalue weighted by Gasteiger charge is -2.23. The van der Waals surface area contributed by atoms with Crippen molar-refractivity contribution in [2.24, 2.45) is 0 Å². The van der Waals surface area contributed by atoms with Crippen molar-refractivity contribution < 1.29 is 9.18 Å². The molecule has 6 heteroatoms. The van der Waals surface area contributed by atoms with Gasteiger partial charge in [0.1, 0.15) is 5.82 Å².